The number of nitrogens with two attached hydrogens (primary N) is 1. The minimum absolute atomic E-state index is 0.0191. The first-order valence-electron chi connectivity index (χ1n) is 5.64. The van der Waals surface area contributed by atoms with Gasteiger partial charge in [-0.3, -0.25) is 0 Å². The number of hydrogen-bond acceptors (Lipinski definition) is 4. The molecule has 0 bridgehead atoms. The monoisotopic (exact) mass is 275 g/mol. The second kappa shape index (κ2) is 5.29. The molecule has 4 N–H and O–H groups in total. The van der Waals surface area contributed by atoms with E-state index in [-0.39, 0.29) is 18.0 Å². The van der Waals surface area contributed by atoms with Crippen LogP contribution in [0.1, 0.15) is 25.7 Å². The quantitative estimate of drug-likeness (QED) is 0.776. The third-order valence-corrected chi connectivity index (χ3v) is 3.60. The van der Waals surface area contributed by atoms with E-state index in [2.05, 4.69) is 10.3 Å². The molecule has 2 unspecified atom stereocenters. The van der Waals surface area contributed by atoms with E-state index in [9.17, 15) is 5.11 Å². The Bertz CT molecular complexity index is 414. The zero-order chi connectivity index (χ0) is 12.4. The summed E-state index contributed by atoms with van der Waals surface area (Å²) in [6.07, 6.45) is 3.50. The molecule has 0 aliphatic heterocycles. The lowest BCUT2D eigenvalue weighted by molar-refractivity contribution is 0.116. The van der Waals surface area contributed by atoms with Crippen molar-refractivity contribution >= 4 is 34.8 Å². The second-order valence-electron chi connectivity index (χ2n) is 4.29. The Morgan fingerprint density at radius 2 is 2.00 bits per heavy atom. The summed E-state index contributed by atoms with van der Waals surface area (Å²) >= 11 is 11.8. The predicted molar refractivity (Wildman–Crippen MR) is 70.6 cm³/mol. The van der Waals surface area contributed by atoms with E-state index in [0.717, 1.165) is 25.7 Å². The number of aliphatic hydroxyl groups is 1. The first-order chi connectivity index (χ1) is 8.08. The third kappa shape index (κ3) is 2.94. The van der Waals surface area contributed by atoms with Crippen molar-refractivity contribution in [3.63, 3.8) is 0 Å². The van der Waals surface area contributed by atoms with Crippen molar-refractivity contribution in [1.82, 2.24) is 4.98 Å². The molecule has 1 saturated carbocycles. The standard InChI is InChI=1S/C11H15Cl2N3O/c12-6-5-7(13)11(16-10(6)14)15-8-3-1-2-4-9(8)17/h5,8-9,17H,1-4H2,(H3,14,15,16). The highest BCUT2D eigenvalue weighted by atomic mass is 35.5. The number of nitrogen functional groups attached to an aromatic ring is 1. The summed E-state index contributed by atoms with van der Waals surface area (Å²) in [6, 6.07) is 1.54. The van der Waals surface area contributed by atoms with Gasteiger partial charge in [-0.05, 0) is 18.9 Å². The Hall–Kier alpha value is -0.710. The molecule has 0 saturated heterocycles. The van der Waals surface area contributed by atoms with Crippen LogP contribution in [0.3, 0.4) is 0 Å². The van der Waals surface area contributed by atoms with Crippen molar-refractivity contribution in [2.24, 2.45) is 0 Å². The smallest absolute Gasteiger partial charge is 0.147 e. The van der Waals surface area contributed by atoms with Crippen LogP contribution >= 0.6 is 23.2 Å². The van der Waals surface area contributed by atoms with Crippen molar-refractivity contribution < 1.29 is 5.11 Å². The van der Waals surface area contributed by atoms with Crippen LogP contribution in [-0.4, -0.2) is 22.2 Å². The Balaban J connectivity index is 2.15. The number of rotatable bonds is 2. The summed E-state index contributed by atoms with van der Waals surface area (Å²) in [6.45, 7) is 0. The number of hydrogen-bond donors (Lipinski definition) is 3. The van der Waals surface area contributed by atoms with Gasteiger partial charge in [0.05, 0.1) is 22.2 Å². The fourth-order valence-corrected chi connectivity index (χ4v) is 2.45. The molecule has 1 aromatic heterocycles. The lowest BCUT2D eigenvalue weighted by Crippen LogP contribution is -2.36. The summed E-state index contributed by atoms with van der Waals surface area (Å²) in [5.74, 6) is 0.725. The lowest BCUT2D eigenvalue weighted by atomic mass is 9.92. The summed E-state index contributed by atoms with van der Waals surface area (Å²) in [7, 11) is 0. The Morgan fingerprint density at radius 1 is 1.29 bits per heavy atom. The molecule has 94 valence electrons. The van der Waals surface area contributed by atoms with Crippen LogP contribution in [0.15, 0.2) is 6.07 Å². The summed E-state index contributed by atoms with van der Waals surface area (Å²) in [5.41, 5.74) is 5.63. The summed E-state index contributed by atoms with van der Waals surface area (Å²) in [5, 5.41) is 13.7. The third-order valence-electron chi connectivity index (χ3n) is 3.01. The Labute approximate surface area is 110 Å². The number of nitrogens with zero attached hydrogens (tertiary/aromatic N) is 1. The SMILES string of the molecule is Nc1nc(NC2CCCCC2O)c(Cl)cc1Cl. The zero-order valence-electron chi connectivity index (χ0n) is 9.29. The molecule has 1 fully saturated rings. The maximum atomic E-state index is 9.85. The van der Waals surface area contributed by atoms with E-state index in [1.807, 2.05) is 0 Å². The maximum Gasteiger partial charge on any atom is 0.147 e. The molecular weight excluding hydrogens is 261 g/mol. The van der Waals surface area contributed by atoms with Gasteiger partial charge < -0.3 is 16.2 Å². The minimum atomic E-state index is -0.362. The lowest BCUT2D eigenvalue weighted by Gasteiger charge is -2.29. The number of halogens is 2. The van der Waals surface area contributed by atoms with Crippen molar-refractivity contribution in [2.75, 3.05) is 11.1 Å². The maximum absolute atomic E-state index is 9.85. The Kier molecular flexibility index (Phi) is 3.97. The summed E-state index contributed by atoms with van der Waals surface area (Å²) < 4.78 is 0. The highest BCUT2D eigenvalue weighted by Gasteiger charge is 2.24. The van der Waals surface area contributed by atoms with Gasteiger partial charge in [0.15, 0.2) is 0 Å². The first-order valence-corrected chi connectivity index (χ1v) is 6.39. The molecule has 2 rings (SSSR count). The largest absolute Gasteiger partial charge is 0.391 e. The minimum Gasteiger partial charge on any atom is -0.391 e. The van der Waals surface area contributed by atoms with Crippen molar-refractivity contribution in [1.29, 1.82) is 0 Å². The second-order valence-corrected chi connectivity index (χ2v) is 5.10. The molecule has 6 heteroatoms. The fraction of sp³-hybridized carbons (Fsp3) is 0.545. The molecule has 1 aromatic rings. The van der Waals surface area contributed by atoms with Gasteiger partial charge in [0, 0.05) is 0 Å². The normalized spacial score (nSPS) is 24.6. The number of anilines is 2. The van der Waals surface area contributed by atoms with Crippen LogP contribution in [-0.2, 0) is 0 Å². The molecule has 1 heterocycles. The van der Waals surface area contributed by atoms with Gasteiger partial charge in [-0.2, -0.15) is 0 Å². The van der Waals surface area contributed by atoms with Gasteiger partial charge in [-0.1, -0.05) is 36.0 Å². The van der Waals surface area contributed by atoms with E-state index in [0.29, 0.717) is 15.9 Å². The van der Waals surface area contributed by atoms with Crippen molar-refractivity contribution in [3.8, 4) is 0 Å². The molecule has 2 atom stereocenters. The molecule has 0 aromatic carbocycles. The molecule has 4 nitrogen and oxygen atoms in total. The van der Waals surface area contributed by atoms with E-state index in [4.69, 9.17) is 28.9 Å². The van der Waals surface area contributed by atoms with E-state index in [1.165, 1.54) is 0 Å². The van der Waals surface area contributed by atoms with Gasteiger partial charge in [0.2, 0.25) is 0 Å². The van der Waals surface area contributed by atoms with Crippen LogP contribution in [0, 0.1) is 0 Å². The number of aliphatic hydroxyl groups excluding tert-OH is 1. The molecule has 0 amide bonds. The zero-order valence-corrected chi connectivity index (χ0v) is 10.8. The average Bonchev–Trinajstić information content (AvgIpc) is 2.29. The van der Waals surface area contributed by atoms with Gasteiger partial charge in [-0.15, -0.1) is 0 Å². The van der Waals surface area contributed by atoms with Crippen LogP contribution in [0.5, 0.6) is 0 Å². The van der Waals surface area contributed by atoms with E-state index >= 15 is 0 Å². The van der Waals surface area contributed by atoms with Crippen LogP contribution in [0.2, 0.25) is 10.0 Å². The van der Waals surface area contributed by atoms with E-state index in [1.54, 1.807) is 6.07 Å². The van der Waals surface area contributed by atoms with Crippen molar-refractivity contribution in [3.05, 3.63) is 16.1 Å². The molecule has 1 aliphatic carbocycles. The fourth-order valence-electron chi connectivity index (χ4n) is 2.04. The van der Waals surface area contributed by atoms with E-state index < -0.39 is 0 Å². The first kappa shape index (κ1) is 12.7. The number of aromatic nitrogens is 1. The topological polar surface area (TPSA) is 71.2 Å². The molecular formula is C11H15Cl2N3O. The van der Waals surface area contributed by atoms with Crippen LogP contribution in [0.4, 0.5) is 11.6 Å². The molecule has 0 spiro atoms. The molecule has 1 aliphatic rings. The van der Waals surface area contributed by atoms with Gasteiger partial charge in [-0.25, -0.2) is 4.98 Å². The summed E-state index contributed by atoms with van der Waals surface area (Å²) in [4.78, 5) is 4.09. The van der Waals surface area contributed by atoms with Crippen LogP contribution in [0.25, 0.3) is 0 Å². The molecule has 0 radical (unpaired) electrons. The average molecular weight is 276 g/mol. The Morgan fingerprint density at radius 3 is 2.71 bits per heavy atom. The predicted octanol–water partition coefficient (Wildman–Crippen LogP) is 2.69. The van der Waals surface area contributed by atoms with Gasteiger partial charge in [0.25, 0.3) is 0 Å². The highest BCUT2D eigenvalue weighted by molar-refractivity contribution is 6.37. The number of pyridine rings is 1. The van der Waals surface area contributed by atoms with Gasteiger partial charge in [0.1, 0.15) is 11.6 Å². The van der Waals surface area contributed by atoms with Crippen molar-refractivity contribution in [2.45, 2.75) is 37.8 Å². The highest BCUT2D eigenvalue weighted by Crippen LogP contribution is 2.30. The number of nitrogens with one attached hydrogen (secondary N) is 1. The van der Waals surface area contributed by atoms with Gasteiger partial charge >= 0.3 is 0 Å². The van der Waals surface area contributed by atoms with Crippen LogP contribution < -0.4 is 11.1 Å². The molecule has 17 heavy (non-hydrogen) atoms.